The van der Waals surface area contributed by atoms with Crippen LogP contribution in [0.3, 0.4) is 0 Å². The number of hydrogen-bond donors (Lipinski definition) is 1. The van der Waals surface area contributed by atoms with Crippen LogP contribution in [0.15, 0.2) is 6.07 Å². The van der Waals surface area contributed by atoms with Gasteiger partial charge in [0.05, 0.1) is 5.60 Å². The standard InChI is InChI=1S/C13H21N3OS/c1-10-7-12(15-16(10)2)14-11-3-5-17-13(8-11)4-6-18-9-13/h7,11H,3-6,8-9H2,1-2H3,(H,14,15). The third kappa shape index (κ3) is 2.38. The van der Waals surface area contributed by atoms with E-state index in [-0.39, 0.29) is 5.60 Å². The minimum Gasteiger partial charge on any atom is -0.374 e. The van der Waals surface area contributed by atoms with Crippen molar-refractivity contribution < 1.29 is 4.74 Å². The number of ether oxygens (including phenoxy) is 1. The number of rotatable bonds is 2. The molecule has 1 spiro atoms. The van der Waals surface area contributed by atoms with Crippen molar-refractivity contribution in [3.63, 3.8) is 0 Å². The molecule has 0 bridgehead atoms. The van der Waals surface area contributed by atoms with Crippen LogP contribution in [0.1, 0.15) is 25.0 Å². The normalized spacial score (nSPS) is 32.0. The van der Waals surface area contributed by atoms with Crippen LogP contribution < -0.4 is 5.32 Å². The number of nitrogens with one attached hydrogen (secondary N) is 1. The molecule has 1 N–H and O–H groups in total. The molecule has 0 saturated carbocycles. The van der Waals surface area contributed by atoms with E-state index in [1.54, 1.807) is 0 Å². The average Bonchev–Trinajstić information content (AvgIpc) is 2.88. The summed E-state index contributed by atoms with van der Waals surface area (Å²) in [6, 6.07) is 2.62. The highest BCUT2D eigenvalue weighted by Gasteiger charge is 2.40. The Bertz CT molecular complexity index is 406. The van der Waals surface area contributed by atoms with Crippen molar-refractivity contribution >= 4 is 17.6 Å². The molecule has 0 aromatic carbocycles. The molecule has 2 fully saturated rings. The van der Waals surface area contributed by atoms with E-state index in [2.05, 4.69) is 23.4 Å². The second-order valence-electron chi connectivity index (χ2n) is 5.46. The fourth-order valence-electron chi connectivity index (χ4n) is 2.85. The average molecular weight is 267 g/mol. The van der Waals surface area contributed by atoms with Crippen LogP contribution in [-0.2, 0) is 11.8 Å². The molecule has 5 heteroatoms. The summed E-state index contributed by atoms with van der Waals surface area (Å²) in [5.74, 6) is 3.41. The van der Waals surface area contributed by atoms with Gasteiger partial charge in [0.2, 0.25) is 0 Å². The molecule has 1 aromatic rings. The van der Waals surface area contributed by atoms with E-state index in [9.17, 15) is 0 Å². The van der Waals surface area contributed by atoms with Gasteiger partial charge in [-0.3, -0.25) is 4.68 Å². The van der Waals surface area contributed by atoms with Crippen LogP contribution in [-0.4, -0.2) is 39.5 Å². The summed E-state index contributed by atoms with van der Waals surface area (Å²) in [5.41, 5.74) is 1.33. The molecule has 2 saturated heterocycles. The van der Waals surface area contributed by atoms with Gasteiger partial charge < -0.3 is 10.1 Å². The maximum absolute atomic E-state index is 6.04. The van der Waals surface area contributed by atoms with Crippen LogP contribution in [0.25, 0.3) is 0 Å². The lowest BCUT2D eigenvalue weighted by Crippen LogP contribution is -2.44. The summed E-state index contributed by atoms with van der Waals surface area (Å²) in [6.07, 6.45) is 3.41. The molecule has 0 amide bonds. The van der Waals surface area contributed by atoms with Crippen LogP contribution in [0.2, 0.25) is 0 Å². The highest BCUT2D eigenvalue weighted by Crippen LogP contribution is 2.38. The Morgan fingerprint density at radius 2 is 2.50 bits per heavy atom. The summed E-state index contributed by atoms with van der Waals surface area (Å²) in [4.78, 5) is 0. The molecule has 4 nitrogen and oxygen atoms in total. The van der Waals surface area contributed by atoms with Gasteiger partial charge in [0.1, 0.15) is 5.82 Å². The highest BCUT2D eigenvalue weighted by molar-refractivity contribution is 7.99. The summed E-state index contributed by atoms with van der Waals surface area (Å²) < 4.78 is 7.96. The van der Waals surface area contributed by atoms with Crippen molar-refractivity contribution in [3.8, 4) is 0 Å². The fourth-order valence-corrected chi connectivity index (χ4v) is 4.23. The molecule has 2 atom stereocenters. The van der Waals surface area contributed by atoms with Crippen LogP contribution in [0.4, 0.5) is 5.82 Å². The summed E-state index contributed by atoms with van der Waals surface area (Å²) >= 11 is 2.02. The summed E-state index contributed by atoms with van der Waals surface area (Å²) in [7, 11) is 1.99. The van der Waals surface area contributed by atoms with Crippen LogP contribution >= 0.6 is 11.8 Å². The van der Waals surface area contributed by atoms with Crippen LogP contribution in [0.5, 0.6) is 0 Å². The monoisotopic (exact) mass is 267 g/mol. The number of anilines is 1. The predicted molar refractivity (Wildman–Crippen MR) is 75.2 cm³/mol. The van der Waals surface area contributed by atoms with Gasteiger partial charge in [-0.1, -0.05) is 0 Å². The van der Waals surface area contributed by atoms with E-state index < -0.39 is 0 Å². The lowest BCUT2D eigenvalue weighted by molar-refractivity contribution is -0.0628. The quantitative estimate of drug-likeness (QED) is 0.891. The lowest BCUT2D eigenvalue weighted by atomic mass is 9.90. The first-order valence-corrected chi connectivity index (χ1v) is 7.81. The second kappa shape index (κ2) is 4.78. The highest BCUT2D eigenvalue weighted by atomic mass is 32.2. The van der Waals surface area contributed by atoms with Crippen molar-refractivity contribution in [2.75, 3.05) is 23.4 Å². The molecule has 3 heterocycles. The number of aryl methyl sites for hydroxylation is 2. The third-order valence-electron chi connectivity index (χ3n) is 4.03. The summed E-state index contributed by atoms with van der Waals surface area (Å²) in [6.45, 7) is 2.96. The van der Waals surface area contributed by atoms with E-state index in [0.29, 0.717) is 6.04 Å². The number of thioether (sulfide) groups is 1. The molecular formula is C13H21N3OS. The Morgan fingerprint density at radius 3 is 3.17 bits per heavy atom. The van der Waals surface area contributed by atoms with Crippen molar-refractivity contribution in [3.05, 3.63) is 11.8 Å². The minimum absolute atomic E-state index is 0.143. The maximum atomic E-state index is 6.04. The molecule has 3 rings (SSSR count). The SMILES string of the molecule is Cc1cc(NC2CCOC3(CCSC3)C2)nn1C. The molecule has 2 aliphatic rings. The first kappa shape index (κ1) is 12.4. The van der Waals surface area contributed by atoms with Gasteiger partial charge in [-0.05, 0) is 31.9 Å². The van der Waals surface area contributed by atoms with Crippen LogP contribution in [0, 0.1) is 6.92 Å². The molecule has 2 unspecified atom stereocenters. The van der Waals surface area contributed by atoms with E-state index in [1.807, 2.05) is 23.5 Å². The number of aromatic nitrogens is 2. The van der Waals surface area contributed by atoms with Crippen molar-refractivity contribution in [1.82, 2.24) is 9.78 Å². The minimum atomic E-state index is 0.143. The Kier molecular flexibility index (Phi) is 3.28. The Hall–Kier alpha value is -0.680. The molecular weight excluding hydrogens is 246 g/mol. The molecule has 18 heavy (non-hydrogen) atoms. The first-order valence-electron chi connectivity index (χ1n) is 6.66. The predicted octanol–water partition coefficient (Wildman–Crippen LogP) is 2.20. The fraction of sp³-hybridized carbons (Fsp3) is 0.769. The van der Waals surface area contributed by atoms with Gasteiger partial charge in [0, 0.05) is 37.2 Å². The van der Waals surface area contributed by atoms with Gasteiger partial charge in [-0.15, -0.1) is 0 Å². The lowest BCUT2D eigenvalue weighted by Gasteiger charge is -2.38. The Morgan fingerprint density at radius 1 is 1.61 bits per heavy atom. The van der Waals surface area contributed by atoms with Gasteiger partial charge in [0.25, 0.3) is 0 Å². The molecule has 100 valence electrons. The van der Waals surface area contributed by atoms with Gasteiger partial charge in [0.15, 0.2) is 0 Å². The van der Waals surface area contributed by atoms with Gasteiger partial charge >= 0.3 is 0 Å². The van der Waals surface area contributed by atoms with Gasteiger partial charge in [-0.2, -0.15) is 16.9 Å². The maximum Gasteiger partial charge on any atom is 0.148 e. The van der Waals surface area contributed by atoms with E-state index in [4.69, 9.17) is 4.74 Å². The molecule has 1 aromatic heterocycles. The zero-order valence-corrected chi connectivity index (χ0v) is 11.9. The number of nitrogens with zero attached hydrogens (tertiary/aromatic N) is 2. The van der Waals surface area contributed by atoms with Crippen molar-refractivity contribution in [1.29, 1.82) is 0 Å². The second-order valence-corrected chi connectivity index (χ2v) is 6.57. The Balaban J connectivity index is 1.65. The third-order valence-corrected chi connectivity index (χ3v) is 5.25. The zero-order chi connectivity index (χ0) is 12.6. The van der Waals surface area contributed by atoms with Crippen molar-refractivity contribution in [2.45, 2.75) is 37.8 Å². The molecule has 0 aliphatic carbocycles. The van der Waals surface area contributed by atoms with E-state index >= 15 is 0 Å². The van der Waals surface area contributed by atoms with Crippen molar-refractivity contribution in [2.24, 2.45) is 7.05 Å². The molecule has 2 aliphatic heterocycles. The number of hydrogen-bond acceptors (Lipinski definition) is 4. The Labute approximate surface area is 112 Å². The van der Waals surface area contributed by atoms with Gasteiger partial charge in [-0.25, -0.2) is 0 Å². The largest absolute Gasteiger partial charge is 0.374 e. The molecule has 0 radical (unpaired) electrons. The zero-order valence-electron chi connectivity index (χ0n) is 11.1. The first-order chi connectivity index (χ1) is 8.67. The summed E-state index contributed by atoms with van der Waals surface area (Å²) in [5, 5.41) is 8.05. The smallest absolute Gasteiger partial charge is 0.148 e. The van der Waals surface area contributed by atoms with E-state index in [1.165, 1.54) is 17.9 Å². The topological polar surface area (TPSA) is 39.1 Å². The van der Waals surface area contributed by atoms with E-state index in [0.717, 1.165) is 31.0 Å².